The van der Waals surface area contributed by atoms with E-state index in [4.69, 9.17) is 0 Å². The van der Waals surface area contributed by atoms with Crippen molar-refractivity contribution in [2.24, 2.45) is 0 Å². The molecule has 1 amide bonds. The molecule has 94 valence electrons. The molecule has 1 aromatic heterocycles. The Balaban J connectivity index is 2.72. The number of hydrogen-bond donors (Lipinski definition) is 0. The van der Waals surface area contributed by atoms with E-state index in [0.29, 0.717) is 10.6 Å². The van der Waals surface area contributed by atoms with E-state index in [1.54, 1.807) is 12.1 Å². The molecule has 0 radical (unpaired) electrons. The summed E-state index contributed by atoms with van der Waals surface area (Å²) in [6.07, 6.45) is -2.60. The zero-order valence-corrected chi connectivity index (χ0v) is 8.91. The molecule has 0 aliphatic carbocycles. The van der Waals surface area contributed by atoms with Crippen LogP contribution in [0.1, 0.15) is 5.69 Å². The van der Waals surface area contributed by atoms with Gasteiger partial charge in [0.15, 0.2) is 0 Å². The van der Waals surface area contributed by atoms with Crippen molar-refractivity contribution in [2.45, 2.75) is 18.9 Å². The summed E-state index contributed by atoms with van der Waals surface area (Å²) in [5.41, 5.74) is 0.341. The van der Waals surface area contributed by atoms with Gasteiger partial charge in [0.25, 0.3) is 5.91 Å². The van der Waals surface area contributed by atoms with Crippen LogP contribution in [0.2, 0.25) is 0 Å². The van der Waals surface area contributed by atoms with Crippen LogP contribution in [-0.2, 0) is 11.3 Å². The van der Waals surface area contributed by atoms with Crippen LogP contribution in [0.3, 0.4) is 0 Å². The van der Waals surface area contributed by atoms with Gasteiger partial charge in [-0.2, -0.15) is 8.78 Å². The summed E-state index contributed by atoms with van der Waals surface area (Å²) in [7, 11) is 1.02. The predicted octanol–water partition coefficient (Wildman–Crippen LogP) is 1.94. The van der Waals surface area contributed by atoms with E-state index in [1.165, 1.54) is 12.3 Å². The molecular weight excluding hydrogens is 240 g/mol. The van der Waals surface area contributed by atoms with Gasteiger partial charge in [0.2, 0.25) is 0 Å². The summed E-state index contributed by atoms with van der Waals surface area (Å²) in [5, 5.41) is 0. The second-order valence-corrected chi connectivity index (χ2v) is 3.41. The zero-order valence-electron chi connectivity index (χ0n) is 8.91. The van der Waals surface area contributed by atoms with Crippen LogP contribution in [0.25, 0.3) is 0 Å². The van der Waals surface area contributed by atoms with E-state index < -0.39 is 18.3 Å². The summed E-state index contributed by atoms with van der Waals surface area (Å²) in [6, 6.07) is 4.72. The van der Waals surface area contributed by atoms with E-state index in [1.807, 2.05) is 0 Å². The fraction of sp³-hybridized carbons (Fsp3) is 0.400. The van der Waals surface area contributed by atoms with Crippen molar-refractivity contribution in [1.29, 1.82) is 0 Å². The number of hydrogen-bond acceptors (Lipinski definition) is 2. The van der Waals surface area contributed by atoms with Crippen LogP contribution < -0.4 is 0 Å². The monoisotopic (exact) mass is 250 g/mol. The molecule has 0 aromatic carbocycles. The number of amides is 1. The Kier molecular flexibility index (Phi) is 4.03. The Morgan fingerprint density at radius 1 is 1.47 bits per heavy atom. The smallest absolute Gasteiger partial charge is 0.334 e. The molecular formula is C10H10F4N2O. The Hall–Kier alpha value is -1.66. The maximum Gasteiger partial charge on any atom is 0.383 e. The highest BCUT2D eigenvalue weighted by Crippen LogP contribution is 2.25. The first-order valence-electron chi connectivity index (χ1n) is 4.67. The van der Waals surface area contributed by atoms with Gasteiger partial charge in [-0.15, -0.1) is 0 Å². The van der Waals surface area contributed by atoms with Gasteiger partial charge in [-0.05, 0) is 12.1 Å². The second kappa shape index (κ2) is 5.11. The van der Waals surface area contributed by atoms with Crippen LogP contribution >= 0.6 is 0 Å². The van der Waals surface area contributed by atoms with Gasteiger partial charge in [-0.1, -0.05) is 6.07 Å². The molecule has 0 spiro atoms. The Morgan fingerprint density at radius 2 is 2.12 bits per heavy atom. The third kappa shape index (κ3) is 3.15. The van der Waals surface area contributed by atoms with Crippen molar-refractivity contribution in [3.8, 4) is 0 Å². The summed E-state index contributed by atoms with van der Waals surface area (Å²) in [4.78, 5) is 15.4. The van der Waals surface area contributed by atoms with Gasteiger partial charge in [-0.3, -0.25) is 9.78 Å². The number of aromatic nitrogens is 1. The van der Waals surface area contributed by atoms with Gasteiger partial charge in [0.05, 0.1) is 12.2 Å². The Labute approximate surface area is 95.1 Å². The highest BCUT2D eigenvalue weighted by molar-refractivity contribution is 5.83. The minimum Gasteiger partial charge on any atom is -0.334 e. The summed E-state index contributed by atoms with van der Waals surface area (Å²) in [6.45, 7) is -0.248. The van der Waals surface area contributed by atoms with Crippen LogP contribution in [0, 0.1) is 0 Å². The molecule has 1 rings (SSSR count). The molecule has 17 heavy (non-hydrogen) atoms. The van der Waals surface area contributed by atoms with E-state index in [9.17, 15) is 22.4 Å². The van der Waals surface area contributed by atoms with E-state index in [2.05, 4.69) is 4.98 Å². The highest BCUT2D eigenvalue weighted by atomic mass is 19.3. The van der Waals surface area contributed by atoms with Crippen LogP contribution in [-0.4, -0.2) is 35.2 Å². The van der Waals surface area contributed by atoms with Crippen molar-refractivity contribution >= 4 is 5.91 Å². The topological polar surface area (TPSA) is 33.2 Å². The lowest BCUT2D eigenvalue weighted by Gasteiger charge is -2.22. The summed E-state index contributed by atoms with van der Waals surface area (Å²) < 4.78 is 49.4. The quantitative estimate of drug-likeness (QED) is 0.765. The van der Waals surface area contributed by atoms with Crippen molar-refractivity contribution in [3.63, 3.8) is 0 Å². The molecule has 3 nitrogen and oxygen atoms in total. The Bertz CT molecular complexity index is 383. The number of nitrogens with zero attached hydrogens (tertiary/aromatic N) is 2. The lowest BCUT2D eigenvalue weighted by molar-refractivity contribution is -0.179. The van der Waals surface area contributed by atoms with E-state index in [-0.39, 0.29) is 6.54 Å². The van der Waals surface area contributed by atoms with Gasteiger partial charge in [-0.25, -0.2) is 8.78 Å². The molecule has 1 aromatic rings. The lowest BCUT2D eigenvalue weighted by atomic mass is 10.2. The van der Waals surface area contributed by atoms with Gasteiger partial charge in [0, 0.05) is 13.2 Å². The third-order valence-corrected chi connectivity index (χ3v) is 2.03. The lowest BCUT2D eigenvalue weighted by Crippen LogP contribution is -2.45. The SMILES string of the molecule is CN(Cc1ccccn1)C(=O)C(F)(F)C(F)F. The number of halogens is 4. The average Bonchev–Trinajstić information content (AvgIpc) is 2.29. The maximum absolute atomic E-state index is 12.7. The van der Waals surface area contributed by atoms with Crippen molar-refractivity contribution in [1.82, 2.24) is 9.88 Å². The number of carbonyl (C=O) groups excluding carboxylic acids is 1. The highest BCUT2D eigenvalue weighted by Gasteiger charge is 2.50. The van der Waals surface area contributed by atoms with Crippen LogP contribution in [0.5, 0.6) is 0 Å². The molecule has 0 aliphatic heterocycles. The molecule has 0 aliphatic rings. The minimum absolute atomic E-state index is 0.248. The molecule has 0 fully saturated rings. The molecule has 0 N–H and O–H groups in total. The first-order valence-corrected chi connectivity index (χ1v) is 4.67. The summed E-state index contributed by atoms with van der Waals surface area (Å²) in [5.74, 6) is -6.58. The first-order chi connectivity index (χ1) is 7.85. The van der Waals surface area contributed by atoms with Gasteiger partial charge < -0.3 is 4.90 Å². The molecule has 0 bridgehead atoms. The zero-order chi connectivity index (χ0) is 13.1. The number of pyridine rings is 1. The van der Waals surface area contributed by atoms with Crippen molar-refractivity contribution in [2.75, 3.05) is 7.05 Å². The Morgan fingerprint density at radius 3 is 2.59 bits per heavy atom. The normalized spacial score (nSPS) is 11.6. The predicted molar refractivity (Wildman–Crippen MR) is 51.7 cm³/mol. The number of carbonyl (C=O) groups is 1. The molecule has 0 saturated heterocycles. The minimum atomic E-state index is -4.66. The van der Waals surface area contributed by atoms with Crippen LogP contribution in [0.4, 0.5) is 17.6 Å². The van der Waals surface area contributed by atoms with E-state index in [0.717, 1.165) is 7.05 Å². The van der Waals surface area contributed by atoms with Gasteiger partial charge in [0.1, 0.15) is 0 Å². The standard InChI is InChI=1S/C10H10F4N2O/c1-16(6-7-4-2-3-5-15-7)9(17)10(13,14)8(11)12/h2-5,8H,6H2,1H3. The molecule has 0 atom stereocenters. The average molecular weight is 250 g/mol. The second-order valence-electron chi connectivity index (χ2n) is 3.41. The van der Waals surface area contributed by atoms with Crippen molar-refractivity contribution in [3.05, 3.63) is 30.1 Å². The van der Waals surface area contributed by atoms with Crippen LogP contribution in [0.15, 0.2) is 24.4 Å². The molecule has 0 saturated carbocycles. The molecule has 7 heteroatoms. The first kappa shape index (κ1) is 13.4. The van der Waals surface area contributed by atoms with Crippen molar-refractivity contribution < 1.29 is 22.4 Å². The maximum atomic E-state index is 12.7. The largest absolute Gasteiger partial charge is 0.383 e. The van der Waals surface area contributed by atoms with Gasteiger partial charge >= 0.3 is 12.3 Å². The molecule has 0 unspecified atom stereocenters. The fourth-order valence-corrected chi connectivity index (χ4v) is 1.15. The fourth-order valence-electron chi connectivity index (χ4n) is 1.15. The third-order valence-electron chi connectivity index (χ3n) is 2.03. The molecule has 1 heterocycles. The van der Waals surface area contributed by atoms with E-state index >= 15 is 0 Å². The summed E-state index contributed by atoms with van der Waals surface area (Å²) >= 11 is 0. The number of alkyl halides is 4. The number of rotatable bonds is 4.